The van der Waals surface area contributed by atoms with Crippen molar-refractivity contribution in [1.29, 1.82) is 5.26 Å². The van der Waals surface area contributed by atoms with Crippen LogP contribution in [0.25, 0.3) is 6.08 Å². The van der Waals surface area contributed by atoms with Gasteiger partial charge in [0.25, 0.3) is 11.8 Å². The molecule has 0 saturated heterocycles. The second-order valence-electron chi connectivity index (χ2n) is 4.90. The Hall–Kier alpha value is -3.19. The molecule has 1 heterocycles. The van der Waals surface area contributed by atoms with Gasteiger partial charge in [-0.2, -0.15) is 5.26 Å². The number of hydrogen-bond donors (Lipinski definition) is 0. The number of nitriles is 1. The third-order valence-corrected chi connectivity index (χ3v) is 3.52. The summed E-state index contributed by atoms with van der Waals surface area (Å²) in [5.74, 6) is -0.518. The zero-order chi connectivity index (χ0) is 15.5. The lowest BCUT2D eigenvalue weighted by molar-refractivity contribution is 0.0672. The van der Waals surface area contributed by atoms with Crippen molar-refractivity contribution in [3.05, 3.63) is 76.9 Å². The van der Waals surface area contributed by atoms with Gasteiger partial charge in [-0.05, 0) is 29.8 Å². The number of hydrogen-bond acceptors (Lipinski definition) is 3. The lowest BCUT2D eigenvalue weighted by Gasteiger charge is -2.10. The van der Waals surface area contributed by atoms with Crippen molar-refractivity contribution in [2.75, 3.05) is 6.54 Å². The Morgan fingerprint density at radius 2 is 1.55 bits per heavy atom. The molecule has 0 aromatic heterocycles. The van der Waals surface area contributed by atoms with Crippen LogP contribution in [0, 0.1) is 11.3 Å². The zero-order valence-corrected chi connectivity index (χ0v) is 11.7. The first-order chi connectivity index (χ1) is 10.7. The fraction of sp³-hybridized carbons (Fsp3) is 0.0556. The van der Waals surface area contributed by atoms with Crippen LogP contribution in [0.5, 0.6) is 0 Å². The number of fused-ring (bicyclic) bond motifs is 1. The van der Waals surface area contributed by atoms with Gasteiger partial charge in [0.1, 0.15) is 0 Å². The maximum Gasteiger partial charge on any atom is 0.261 e. The van der Waals surface area contributed by atoms with Crippen LogP contribution in [0.3, 0.4) is 0 Å². The molecule has 1 aliphatic heterocycles. The van der Waals surface area contributed by atoms with Crippen LogP contribution in [-0.4, -0.2) is 23.3 Å². The van der Waals surface area contributed by atoms with E-state index >= 15 is 0 Å². The molecule has 0 unspecified atom stereocenters. The second-order valence-corrected chi connectivity index (χ2v) is 4.90. The zero-order valence-electron chi connectivity index (χ0n) is 11.7. The molecule has 4 heteroatoms. The summed E-state index contributed by atoms with van der Waals surface area (Å²) in [6.45, 7) is 0.229. The van der Waals surface area contributed by atoms with Crippen LogP contribution >= 0.6 is 0 Å². The predicted octanol–water partition coefficient (Wildman–Crippen LogP) is 2.87. The van der Waals surface area contributed by atoms with E-state index < -0.39 is 0 Å². The molecule has 0 aliphatic carbocycles. The SMILES string of the molecule is N#Cc1ccc(C=CCN2C(=O)c3ccccc3C2=O)cc1. The van der Waals surface area contributed by atoms with Crippen LogP contribution in [0.1, 0.15) is 31.8 Å². The summed E-state index contributed by atoms with van der Waals surface area (Å²) in [4.78, 5) is 25.6. The molecule has 0 atom stereocenters. The van der Waals surface area contributed by atoms with Gasteiger partial charge in [-0.25, -0.2) is 0 Å². The van der Waals surface area contributed by atoms with Crippen molar-refractivity contribution in [2.45, 2.75) is 0 Å². The standard InChI is InChI=1S/C18H12N2O2/c19-12-14-9-7-13(8-10-14)4-3-11-20-17(21)15-5-1-2-6-16(15)18(20)22/h1-10H,11H2. The van der Waals surface area contributed by atoms with E-state index in [0.29, 0.717) is 16.7 Å². The molecular formula is C18H12N2O2. The van der Waals surface area contributed by atoms with Crippen molar-refractivity contribution < 1.29 is 9.59 Å². The van der Waals surface area contributed by atoms with Gasteiger partial charge in [0, 0.05) is 6.54 Å². The highest BCUT2D eigenvalue weighted by atomic mass is 16.2. The number of nitrogens with zero attached hydrogens (tertiary/aromatic N) is 2. The highest BCUT2D eigenvalue weighted by molar-refractivity contribution is 6.21. The summed E-state index contributed by atoms with van der Waals surface area (Å²) in [6.07, 6.45) is 3.59. The minimum atomic E-state index is -0.259. The molecule has 0 saturated carbocycles. The van der Waals surface area contributed by atoms with Crippen molar-refractivity contribution in [3.63, 3.8) is 0 Å². The van der Waals surface area contributed by atoms with Gasteiger partial charge in [-0.3, -0.25) is 14.5 Å². The highest BCUT2D eigenvalue weighted by Gasteiger charge is 2.33. The number of carbonyl (C=O) groups is 2. The first-order valence-corrected chi connectivity index (χ1v) is 6.82. The average molecular weight is 288 g/mol. The van der Waals surface area contributed by atoms with E-state index in [9.17, 15) is 9.59 Å². The van der Waals surface area contributed by atoms with E-state index in [0.717, 1.165) is 5.56 Å². The third kappa shape index (κ3) is 2.40. The average Bonchev–Trinajstić information content (AvgIpc) is 2.81. The van der Waals surface area contributed by atoms with Gasteiger partial charge in [0.05, 0.1) is 22.8 Å². The summed E-state index contributed by atoms with van der Waals surface area (Å²) in [7, 11) is 0. The van der Waals surface area contributed by atoms with E-state index in [2.05, 4.69) is 6.07 Å². The van der Waals surface area contributed by atoms with Gasteiger partial charge in [-0.1, -0.05) is 36.4 Å². The summed E-state index contributed by atoms with van der Waals surface area (Å²) in [5.41, 5.74) is 2.42. The third-order valence-electron chi connectivity index (χ3n) is 3.52. The molecule has 2 amide bonds. The minimum absolute atomic E-state index is 0.229. The van der Waals surface area contributed by atoms with E-state index in [4.69, 9.17) is 5.26 Å². The summed E-state index contributed by atoms with van der Waals surface area (Å²) >= 11 is 0. The van der Waals surface area contributed by atoms with E-state index in [-0.39, 0.29) is 18.4 Å². The molecule has 4 nitrogen and oxygen atoms in total. The van der Waals surface area contributed by atoms with Crippen molar-refractivity contribution in [1.82, 2.24) is 4.90 Å². The highest BCUT2D eigenvalue weighted by Crippen LogP contribution is 2.22. The van der Waals surface area contributed by atoms with E-state index in [1.54, 1.807) is 42.5 Å². The van der Waals surface area contributed by atoms with Gasteiger partial charge >= 0.3 is 0 Å². The van der Waals surface area contributed by atoms with Crippen LogP contribution in [-0.2, 0) is 0 Å². The van der Waals surface area contributed by atoms with Gasteiger partial charge in [0.15, 0.2) is 0 Å². The lowest BCUT2D eigenvalue weighted by Crippen LogP contribution is -2.29. The van der Waals surface area contributed by atoms with E-state index in [1.807, 2.05) is 18.2 Å². The Balaban J connectivity index is 1.72. The molecule has 2 aromatic carbocycles. The Labute approximate surface area is 127 Å². The second kappa shape index (κ2) is 5.66. The van der Waals surface area contributed by atoms with Crippen LogP contribution in [0.4, 0.5) is 0 Å². The van der Waals surface area contributed by atoms with Crippen molar-refractivity contribution in [3.8, 4) is 6.07 Å². The number of benzene rings is 2. The fourth-order valence-corrected chi connectivity index (χ4v) is 2.37. The fourth-order valence-electron chi connectivity index (χ4n) is 2.37. The Morgan fingerprint density at radius 1 is 0.955 bits per heavy atom. The van der Waals surface area contributed by atoms with Gasteiger partial charge in [-0.15, -0.1) is 0 Å². The number of rotatable bonds is 3. The number of carbonyl (C=O) groups excluding carboxylic acids is 2. The summed E-state index contributed by atoms with van der Waals surface area (Å²) < 4.78 is 0. The topological polar surface area (TPSA) is 61.2 Å². The summed E-state index contributed by atoms with van der Waals surface area (Å²) in [6, 6.07) is 16.0. The minimum Gasteiger partial charge on any atom is -0.270 e. The molecule has 0 N–H and O–H groups in total. The van der Waals surface area contributed by atoms with Crippen molar-refractivity contribution >= 4 is 17.9 Å². The lowest BCUT2D eigenvalue weighted by atomic mass is 10.1. The monoisotopic (exact) mass is 288 g/mol. The summed E-state index contributed by atoms with van der Waals surface area (Å²) in [5, 5.41) is 8.74. The Morgan fingerprint density at radius 3 is 2.09 bits per heavy atom. The smallest absolute Gasteiger partial charge is 0.261 e. The predicted molar refractivity (Wildman–Crippen MR) is 82.0 cm³/mol. The van der Waals surface area contributed by atoms with Crippen molar-refractivity contribution in [2.24, 2.45) is 0 Å². The Bertz CT molecular complexity index is 779. The first-order valence-electron chi connectivity index (χ1n) is 6.82. The maximum atomic E-state index is 12.2. The van der Waals surface area contributed by atoms with E-state index in [1.165, 1.54) is 4.90 Å². The largest absolute Gasteiger partial charge is 0.270 e. The quantitative estimate of drug-likeness (QED) is 0.816. The maximum absolute atomic E-state index is 12.2. The first kappa shape index (κ1) is 13.8. The van der Waals surface area contributed by atoms with Crippen LogP contribution in [0.15, 0.2) is 54.6 Å². The molecule has 3 rings (SSSR count). The van der Waals surface area contributed by atoms with Gasteiger partial charge in [0.2, 0.25) is 0 Å². The molecule has 106 valence electrons. The van der Waals surface area contributed by atoms with Crippen LogP contribution in [0.2, 0.25) is 0 Å². The molecule has 0 fully saturated rings. The molecule has 0 bridgehead atoms. The Kier molecular flexibility index (Phi) is 3.55. The molecule has 22 heavy (non-hydrogen) atoms. The normalized spacial score (nSPS) is 13.5. The molecule has 2 aromatic rings. The van der Waals surface area contributed by atoms with Crippen LogP contribution < -0.4 is 0 Å². The molecule has 0 spiro atoms. The molecule has 0 radical (unpaired) electrons. The number of amides is 2. The molecular weight excluding hydrogens is 276 g/mol. The van der Waals surface area contributed by atoms with Gasteiger partial charge < -0.3 is 0 Å². The molecule has 1 aliphatic rings. The number of imide groups is 1.